The Morgan fingerprint density at radius 3 is 2.32 bits per heavy atom. The van der Waals surface area contributed by atoms with Gasteiger partial charge in [-0.3, -0.25) is 4.79 Å². The molecule has 6 heteroatoms. The third-order valence-corrected chi connectivity index (χ3v) is 1.71. The van der Waals surface area contributed by atoms with Crippen LogP contribution in [0.3, 0.4) is 0 Å². The van der Waals surface area contributed by atoms with Crippen LogP contribution in [0, 0.1) is 0 Å². The normalized spacial score (nSPS) is 11.5. The fourth-order valence-electron chi connectivity index (χ4n) is 0.882. The SMILES string of the molecule is C=C(C)COOC(CC(=O)OCC)OC(=O)C(=C)C. The first kappa shape index (κ1) is 17.3. The van der Waals surface area contributed by atoms with Crippen LogP contribution >= 0.6 is 0 Å². The molecule has 0 fully saturated rings. The summed E-state index contributed by atoms with van der Waals surface area (Å²) in [7, 11) is 0. The van der Waals surface area contributed by atoms with Crippen molar-refractivity contribution in [3.63, 3.8) is 0 Å². The average molecular weight is 272 g/mol. The Labute approximate surface area is 112 Å². The zero-order chi connectivity index (χ0) is 14.8. The highest BCUT2D eigenvalue weighted by atomic mass is 17.2. The molecule has 1 atom stereocenters. The van der Waals surface area contributed by atoms with E-state index in [-0.39, 0.29) is 25.2 Å². The predicted molar refractivity (Wildman–Crippen MR) is 67.8 cm³/mol. The lowest BCUT2D eigenvalue weighted by Crippen LogP contribution is -2.26. The second kappa shape index (κ2) is 9.29. The van der Waals surface area contributed by atoms with Crippen molar-refractivity contribution in [2.24, 2.45) is 0 Å². The minimum atomic E-state index is -1.18. The van der Waals surface area contributed by atoms with Crippen LogP contribution in [-0.2, 0) is 28.8 Å². The fourth-order valence-corrected chi connectivity index (χ4v) is 0.882. The molecule has 6 nitrogen and oxygen atoms in total. The summed E-state index contributed by atoms with van der Waals surface area (Å²) in [6.07, 6.45) is -1.44. The van der Waals surface area contributed by atoms with E-state index in [9.17, 15) is 9.59 Å². The second-order valence-electron chi connectivity index (χ2n) is 3.94. The molecule has 0 aromatic heterocycles. The lowest BCUT2D eigenvalue weighted by molar-refractivity contribution is -0.365. The Morgan fingerprint density at radius 1 is 1.21 bits per heavy atom. The average Bonchev–Trinajstić information content (AvgIpc) is 2.28. The van der Waals surface area contributed by atoms with Crippen molar-refractivity contribution in [3.8, 4) is 0 Å². The van der Waals surface area contributed by atoms with Crippen molar-refractivity contribution >= 4 is 11.9 Å². The minimum Gasteiger partial charge on any atom is -0.466 e. The van der Waals surface area contributed by atoms with E-state index >= 15 is 0 Å². The number of carbonyl (C=O) groups is 2. The molecule has 0 aromatic rings. The molecule has 0 bridgehead atoms. The van der Waals surface area contributed by atoms with Crippen molar-refractivity contribution in [3.05, 3.63) is 24.3 Å². The summed E-state index contributed by atoms with van der Waals surface area (Å²) in [5.41, 5.74) is 0.915. The van der Waals surface area contributed by atoms with Crippen LogP contribution in [0.5, 0.6) is 0 Å². The fraction of sp³-hybridized carbons (Fsp3) is 0.538. The molecule has 0 aliphatic heterocycles. The number of ether oxygens (including phenoxy) is 2. The van der Waals surface area contributed by atoms with Gasteiger partial charge < -0.3 is 9.47 Å². The Balaban J connectivity index is 4.36. The standard InChI is InChI=1S/C13H20O6/c1-6-16-11(14)7-12(18-13(15)10(4)5)19-17-8-9(2)3/h12H,2,4,6-8H2,1,3,5H3. The smallest absolute Gasteiger partial charge is 0.335 e. The minimum absolute atomic E-state index is 0.129. The van der Waals surface area contributed by atoms with Crippen molar-refractivity contribution in [2.45, 2.75) is 33.5 Å². The van der Waals surface area contributed by atoms with Gasteiger partial charge in [-0.05, 0) is 20.8 Å². The number of hydrogen-bond donors (Lipinski definition) is 0. The molecule has 0 amide bonds. The molecular formula is C13H20O6. The summed E-state index contributed by atoms with van der Waals surface area (Å²) in [5.74, 6) is -1.23. The van der Waals surface area contributed by atoms with Gasteiger partial charge in [-0.2, -0.15) is 4.89 Å². The topological polar surface area (TPSA) is 71.1 Å². The molecule has 108 valence electrons. The molecule has 19 heavy (non-hydrogen) atoms. The highest BCUT2D eigenvalue weighted by molar-refractivity contribution is 5.87. The van der Waals surface area contributed by atoms with Gasteiger partial charge in [-0.1, -0.05) is 18.7 Å². The maximum Gasteiger partial charge on any atom is 0.335 e. The number of rotatable bonds is 9. The highest BCUT2D eigenvalue weighted by Crippen LogP contribution is 2.07. The summed E-state index contributed by atoms with van der Waals surface area (Å²) in [5, 5.41) is 0. The lowest BCUT2D eigenvalue weighted by atomic mass is 10.3. The molecular weight excluding hydrogens is 252 g/mol. The van der Waals surface area contributed by atoms with Gasteiger partial charge in [-0.25, -0.2) is 9.68 Å². The largest absolute Gasteiger partial charge is 0.466 e. The molecule has 0 aliphatic rings. The number of esters is 2. The second-order valence-corrected chi connectivity index (χ2v) is 3.94. The summed E-state index contributed by atoms with van der Waals surface area (Å²) < 4.78 is 9.63. The molecule has 0 saturated heterocycles. The van der Waals surface area contributed by atoms with Crippen LogP contribution in [0.2, 0.25) is 0 Å². The first-order valence-corrected chi connectivity index (χ1v) is 5.81. The van der Waals surface area contributed by atoms with Gasteiger partial charge in [0.05, 0.1) is 6.61 Å². The van der Waals surface area contributed by atoms with Gasteiger partial charge in [-0.15, -0.1) is 0 Å². The third kappa shape index (κ3) is 8.98. The highest BCUT2D eigenvalue weighted by Gasteiger charge is 2.21. The van der Waals surface area contributed by atoms with Crippen LogP contribution in [-0.4, -0.2) is 31.4 Å². The molecule has 0 N–H and O–H groups in total. The molecule has 0 aromatic carbocycles. The molecule has 0 saturated carbocycles. The van der Waals surface area contributed by atoms with E-state index in [1.807, 2.05) is 0 Å². The van der Waals surface area contributed by atoms with Gasteiger partial charge in [0.15, 0.2) is 0 Å². The van der Waals surface area contributed by atoms with Crippen LogP contribution in [0.25, 0.3) is 0 Å². The van der Waals surface area contributed by atoms with Crippen LogP contribution in [0.15, 0.2) is 24.3 Å². The van der Waals surface area contributed by atoms with Crippen LogP contribution in [0.1, 0.15) is 27.2 Å². The van der Waals surface area contributed by atoms with E-state index in [0.29, 0.717) is 0 Å². The monoisotopic (exact) mass is 272 g/mol. The van der Waals surface area contributed by atoms with Crippen molar-refractivity contribution in [1.29, 1.82) is 0 Å². The van der Waals surface area contributed by atoms with Gasteiger partial charge in [0, 0.05) is 5.57 Å². The molecule has 0 heterocycles. The lowest BCUT2D eigenvalue weighted by Gasteiger charge is -2.16. The summed E-state index contributed by atoms with van der Waals surface area (Å²) in [4.78, 5) is 32.3. The Hall–Kier alpha value is -1.66. The quantitative estimate of drug-likeness (QED) is 0.159. The van der Waals surface area contributed by atoms with Crippen molar-refractivity contribution < 1.29 is 28.8 Å². The van der Waals surface area contributed by atoms with E-state index in [4.69, 9.17) is 19.2 Å². The first-order chi connectivity index (χ1) is 8.86. The van der Waals surface area contributed by atoms with Crippen molar-refractivity contribution in [1.82, 2.24) is 0 Å². The van der Waals surface area contributed by atoms with Gasteiger partial charge in [0.2, 0.25) is 6.29 Å². The molecule has 0 radical (unpaired) electrons. The summed E-state index contributed by atoms with van der Waals surface area (Å²) in [6.45, 7) is 12.3. The first-order valence-electron chi connectivity index (χ1n) is 5.81. The maximum absolute atomic E-state index is 11.4. The molecule has 0 rings (SSSR count). The number of carbonyl (C=O) groups excluding carboxylic acids is 2. The molecule has 0 aliphatic carbocycles. The van der Waals surface area contributed by atoms with E-state index in [1.54, 1.807) is 13.8 Å². The molecule has 0 spiro atoms. The van der Waals surface area contributed by atoms with Crippen LogP contribution in [0.4, 0.5) is 0 Å². The Kier molecular flexibility index (Phi) is 8.48. The van der Waals surface area contributed by atoms with E-state index in [1.165, 1.54) is 6.92 Å². The van der Waals surface area contributed by atoms with Gasteiger partial charge in [0.25, 0.3) is 0 Å². The van der Waals surface area contributed by atoms with Crippen molar-refractivity contribution in [2.75, 3.05) is 13.2 Å². The van der Waals surface area contributed by atoms with E-state index < -0.39 is 18.2 Å². The zero-order valence-electron chi connectivity index (χ0n) is 11.6. The van der Waals surface area contributed by atoms with E-state index in [0.717, 1.165) is 5.57 Å². The van der Waals surface area contributed by atoms with Gasteiger partial charge in [0.1, 0.15) is 13.0 Å². The summed E-state index contributed by atoms with van der Waals surface area (Å²) >= 11 is 0. The Bertz CT molecular complexity index is 347. The van der Waals surface area contributed by atoms with Crippen LogP contribution < -0.4 is 0 Å². The Morgan fingerprint density at radius 2 is 1.84 bits per heavy atom. The summed E-state index contributed by atoms with van der Waals surface area (Å²) in [6, 6.07) is 0. The van der Waals surface area contributed by atoms with Gasteiger partial charge >= 0.3 is 11.9 Å². The predicted octanol–water partition coefficient (Wildman–Crippen LogP) is 1.91. The zero-order valence-corrected chi connectivity index (χ0v) is 11.6. The third-order valence-electron chi connectivity index (χ3n) is 1.71. The maximum atomic E-state index is 11.4. The molecule has 1 unspecified atom stereocenters. The number of hydrogen-bond acceptors (Lipinski definition) is 6. The van der Waals surface area contributed by atoms with E-state index in [2.05, 4.69) is 13.2 Å².